The number of nitrogens with zero attached hydrogens (tertiary/aromatic N) is 2. The van der Waals surface area contributed by atoms with Crippen molar-refractivity contribution < 1.29 is 18.1 Å². The standard InChI is InChI=1S/C15H18F2N4O2/c1-8(22)19-12-6-11(9(16)5-10(12)17)18-7-13-20-14(21-23-13)15(2,3)4/h5-6,18H,7H2,1-4H3,(H,19,22). The van der Waals surface area contributed by atoms with E-state index in [0.29, 0.717) is 11.9 Å². The Bertz CT molecular complexity index is 723. The van der Waals surface area contributed by atoms with E-state index < -0.39 is 17.5 Å². The Hall–Kier alpha value is -2.51. The molecule has 124 valence electrons. The molecule has 8 heteroatoms. The summed E-state index contributed by atoms with van der Waals surface area (Å²) in [5, 5.41) is 8.89. The van der Waals surface area contributed by atoms with Gasteiger partial charge in [-0.05, 0) is 6.07 Å². The number of nitrogens with one attached hydrogen (secondary N) is 2. The zero-order valence-corrected chi connectivity index (χ0v) is 13.3. The van der Waals surface area contributed by atoms with E-state index in [9.17, 15) is 13.6 Å². The molecule has 0 atom stereocenters. The van der Waals surface area contributed by atoms with Crippen molar-refractivity contribution in [2.45, 2.75) is 39.7 Å². The van der Waals surface area contributed by atoms with Crippen molar-refractivity contribution in [3.05, 3.63) is 35.5 Å². The van der Waals surface area contributed by atoms with E-state index in [1.165, 1.54) is 13.0 Å². The van der Waals surface area contributed by atoms with Crippen molar-refractivity contribution in [1.29, 1.82) is 0 Å². The second-order valence-electron chi connectivity index (χ2n) is 6.11. The molecule has 0 saturated carbocycles. The summed E-state index contributed by atoms with van der Waals surface area (Å²) in [6, 6.07) is 1.87. The molecule has 2 aromatic rings. The van der Waals surface area contributed by atoms with E-state index in [4.69, 9.17) is 4.52 Å². The average Bonchev–Trinajstić information content (AvgIpc) is 2.89. The Morgan fingerprint density at radius 2 is 1.87 bits per heavy atom. The van der Waals surface area contributed by atoms with Gasteiger partial charge in [-0.25, -0.2) is 8.78 Å². The number of carbonyl (C=O) groups excluding carboxylic acids is 1. The Morgan fingerprint density at radius 1 is 1.22 bits per heavy atom. The molecule has 0 aliphatic heterocycles. The van der Waals surface area contributed by atoms with Gasteiger partial charge in [-0.15, -0.1) is 0 Å². The lowest BCUT2D eigenvalue weighted by molar-refractivity contribution is -0.114. The van der Waals surface area contributed by atoms with Gasteiger partial charge in [0.1, 0.15) is 11.6 Å². The maximum absolute atomic E-state index is 13.8. The molecule has 1 aromatic carbocycles. The summed E-state index contributed by atoms with van der Waals surface area (Å²) in [5.41, 5.74) is -0.352. The van der Waals surface area contributed by atoms with E-state index in [1.807, 2.05) is 20.8 Å². The first-order valence-electron chi connectivity index (χ1n) is 7.00. The molecule has 2 rings (SSSR count). The molecule has 0 fully saturated rings. The molecule has 1 heterocycles. The molecule has 2 N–H and O–H groups in total. The quantitative estimate of drug-likeness (QED) is 0.902. The Kier molecular flexibility index (Phi) is 4.63. The normalized spacial score (nSPS) is 11.4. The highest BCUT2D eigenvalue weighted by atomic mass is 19.1. The van der Waals surface area contributed by atoms with E-state index in [2.05, 4.69) is 20.8 Å². The number of hydrogen-bond acceptors (Lipinski definition) is 5. The lowest BCUT2D eigenvalue weighted by Gasteiger charge is -2.11. The first kappa shape index (κ1) is 16.9. The fraction of sp³-hybridized carbons (Fsp3) is 0.400. The van der Waals surface area contributed by atoms with Gasteiger partial charge in [-0.2, -0.15) is 4.98 Å². The molecule has 0 aliphatic rings. The van der Waals surface area contributed by atoms with Crippen LogP contribution in [0.3, 0.4) is 0 Å². The molecule has 6 nitrogen and oxygen atoms in total. The minimum absolute atomic E-state index is 0.0191. The Labute approximate surface area is 132 Å². The molecule has 23 heavy (non-hydrogen) atoms. The zero-order chi connectivity index (χ0) is 17.2. The van der Waals surface area contributed by atoms with Gasteiger partial charge in [0.25, 0.3) is 0 Å². The van der Waals surface area contributed by atoms with E-state index in [-0.39, 0.29) is 29.2 Å². The predicted octanol–water partition coefficient (Wildman–Crippen LogP) is 3.22. The van der Waals surface area contributed by atoms with Gasteiger partial charge < -0.3 is 15.2 Å². The van der Waals surface area contributed by atoms with Crippen LogP contribution in [0.25, 0.3) is 0 Å². The first-order valence-corrected chi connectivity index (χ1v) is 7.00. The molecular formula is C15H18F2N4O2. The zero-order valence-electron chi connectivity index (χ0n) is 13.3. The number of benzene rings is 1. The van der Waals surface area contributed by atoms with Crippen LogP contribution in [0.5, 0.6) is 0 Å². The first-order chi connectivity index (χ1) is 10.7. The molecular weight excluding hydrogens is 306 g/mol. The fourth-order valence-electron chi connectivity index (χ4n) is 1.77. The van der Waals surface area contributed by atoms with Gasteiger partial charge in [-0.3, -0.25) is 4.79 Å². The molecule has 0 radical (unpaired) electrons. The fourth-order valence-corrected chi connectivity index (χ4v) is 1.77. The van der Waals surface area contributed by atoms with Crippen molar-refractivity contribution in [2.24, 2.45) is 0 Å². The highest BCUT2D eigenvalue weighted by Crippen LogP contribution is 2.24. The van der Waals surface area contributed by atoms with Crippen LogP contribution < -0.4 is 10.6 Å². The minimum atomic E-state index is -0.851. The minimum Gasteiger partial charge on any atom is -0.374 e. The van der Waals surface area contributed by atoms with E-state index in [0.717, 1.165) is 0 Å². The van der Waals surface area contributed by atoms with Gasteiger partial charge in [-0.1, -0.05) is 25.9 Å². The molecule has 1 aromatic heterocycles. The number of carbonyl (C=O) groups is 1. The third-order valence-electron chi connectivity index (χ3n) is 2.94. The number of halogens is 2. The summed E-state index contributed by atoms with van der Waals surface area (Å²) >= 11 is 0. The third-order valence-corrected chi connectivity index (χ3v) is 2.94. The topological polar surface area (TPSA) is 80.0 Å². The summed E-state index contributed by atoms with van der Waals surface area (Å²) < 4.78 is 32.4. The highest BCUT2D eigenvalue weighted by Gasteiger charge is 2.21. The maximum atomic E-state index is 13.8. The van der Waals surface area contributed by atoms with E-state index in [1.54, 1.807) is 0 Å². The van der Waals surface area contributed by atoms with Crippen LogP contribution in [-0.2, 0) is 16.8 Å². The number of hydrogen-bond donors (Lipinski definition) is 2. The van der Waals surface area contributed by atoms with Crippen molar-refractivity contribution in [3.8, 4) is 0 Å². The third kappa shape index (κ3) is 4.24. The van der Waals surface area contributed by atoms with Crippen LogP contribution in [0.4, 0.5) is 20.2 Å². The van der Waals surface area contributed by atoms with Crippen LogP contribution in [0.2, 0.25) is 0 Å². The number of rotatable bonds is 4. The summed E-state index contributed by atoms with van der Waals surface area (Å²) in [7, 11) is 0. The Morgan fingerprint density at radius 3 is 2.43 bits per heavy atom. The number of amides is 1. The highest BCUT2D eigenvalue weighted by molar-refractivity contribution is 5.89. The molecule has 0 aliphatic carbocycles. The monoisotopic (exact) mass is 324 g/mol. The van der Waals surface area contributed by atoms with Crippen molar-refractivity contribution >= 4 is 17.3 Å². The van der Waals surface area contributed by atoms with Crippen LogP contribution in [0, 0.1) is 11.6 Å². The largest absolute Gasteiger partial charge is 0.374 e. The van der Waals surface area contributed by atoms with E-state index >= 15 is 0 Å². The molecule has 0 spiro atoms. The molecule has 0 unspecified atom stereocenters. The SMILES string of the molecule is CC(=O)Nc1cc(NCc2nc(C(C)(C)C)no2)c(F)cc1F. The average molecular weight is 324 g/mol. The summed E-state index contributed by atoms with van der Waals surface area (Å²) in [4.78, 5) is 15.2. The lowest BCUT2D eigenvalue weighted by Crippen LogP contribution is -2.13. The van der Waals surface area contributed by atoms with Gasteiger partial charge in [0, 0.05) is 18.4 Å². The van der Waals surface area contributed by atoms with Crippen molar-refractivity contribution in [3.63, 3.8) is 0 Å². The van der Waals surface area contributed by atoms with Gasteiger partial charge in [0.2, 0.25) is 11.8 Å². The van der Waals surface area contributed by atoms with Gasteiger partial charge >= 0.3 is 0 Å². The van der Waals surface area contributed by atoms with Crippen molar-refractivity contribution in [1.82, 2.24) is 10.1 Å². The molecule has 1 amide bonds. The molecule has 0 bridgehead atoms. The second kappa shape index (κ2) is 6.31. The van der Waals surface area contributed by atoms with Crippen LogP contribution in [0.15, 0.2) is 16.7 Å². The number of aromatic nitrogens is 2. The lowest BCUT2D eigenvalue weighted by atomic mass is 9.96. The maximum Gasteiger partial charge on any atom is 0.245 e. The van der Waals surface area contributed by atoms with Gasteiger partial charge in [0.15, 0.2) is 5.82 Å². The number of anilines is 2. The predicted molar refractivity (Wildman–Crippen MR) is 81.0 cm³/mol. The van der Waals surface area contributed by atoms with Crippen LogP contribution >= 0.6 is 0 Å². The second-order valence-corrected chi connectivity index (χ2v) is 6.11. The van der Waals surface area contributed by atoms with Gasteiger partial charge in [0.05, 0.1) is 17.9 Å². The van der Waals surface area contributed by atoms with Crippen LogP contribution in [-0.4, -0.2) is 16.0 Å². The smallest absolute Gasteiger partial charge is 0.245 e. The molecule has 0 saturated heterocycles. The summed E-state index contributed by atoms with van der Waals surface area (Å²) in [6.07, 6.45) is 0. The Balaban J connectivity index is 2.14. The summed E-state index contributed by atoms with van der Waals surface area (Å²) in [5.74, 6) is -1.27. The van der Waals surface area contributed by atoms with Crippen molar-refractivity contribution in [2.75, 3.05) is 10.6 Å². The van der Waals surface area contributed by atoms with Crippen LogP contribution in [0.1, 0.15) is 39.4 Å². The summed E-state index contributed by atoms with van der Waals surface area (Å²) in [6.45, 7) is 7.13.